The molecule has 148 valence electrons. The van der Waals surface area contributed by atoms with E-state index in [-0.39, 0.29) is 17.3 Å². The summed E-state index contributed by atoms with van der Waals surface area (Å²) in [5, 5.41) is 6.94. The molecule has 28 heavy (non-hydrogen) atoms. The number of aryl methyl sites for hydroxylation is 2. The summed E-state index contributed by atoms with van der Waals surface area (Å²) in [6.45, 7) is 0.590. The van der Waals surface area contributed by atoms with Crippen LogP contribution in [0.2, 0.25) is 0 Å². The monoisotopic (exact) mass is 402 g/mol. The van der Waals surface area contributed by atoms with Crippen molar-refractivity contribution in [2.24, 2.45) is 7.05 Å². The van der Waals surface area contributed by atoms with Crippen molar-refractivity contribution >= 4 is 15.9 Å². The molecule has 3 rings (SSSR count). The van der Waals surface area contributed by atoms with Gasteiger partial charge in [0.15, 0.2) is 0 Å². The summed E-state index contributed by atoms with van der Waals surface area (Å²) in [5.41, 5.74) is 1.53. The maximum atomic E-state index is 12.3. The summed E-state index contributed by atoms with van der Waals surface area (Å²) in [6.07, 6.45) is 6.85. The van der Waals surface area contributed by atoms with Crippen LogP contribution >= 0.6 is 0 Å². The van der Waals surface area contributed by atoms with Gasteiger partial charge in [-0.05, 0) is 54.8 Å². The second kappa shape index (κ2) is 8.85. The lowest BCUT2D eigenvalue weighted by atomic mass is 10.2. The van der Waals surface area contributed by atoms with Gasteiger partial charge in [0.1, 0.15) is 5.76 Å². The summed E-state index contributed by atoms with van der Waals surface area (Å²) in [6, 6.07) is 9.19. The molecule has 0 aliphatic carbocycles. The molecule has 0 aliphatic rings. The van der Waals surface area contributed by atoms with E-state index in [0.717, 1.165) is 18.4 Å². The van der Waals surface area contributed by atoms with Gasteiger partial charge in [0.25, 0.3) is 5.91 Å². The molecule has 0 unspecified atom stereocenters. The normalized spacial score (nSPS) is 11.5. The fourth-order valence-electron chi connectivity index (χ4n) is 2.65. The third-order valence-corrected chi connectivity index (χ3v) is 5.55. The van der Waals surface area contributed by atoms with Crippen LogP contribution in [0.4, 0.5) is 0 Å². The molecule has 0 saturated carbocycles. The first-order chi connectivity index (χ1) is 13.4. The number of hydrogen-bond acceptors (Lipinski definition) is 5. The number of furan rings is 1. The maximum absolute atomic E-state index is 12.3. The first-order valence-electron chi connectivity index (χ1n) is 8.82. The topological polar surface area (TPSA) is 106 Å². The molecule has 9 heteroatoms. The minimum Gasteiger partial charge on any atom is -0.468 e. The summed E-state index contributed by atoms with van der Waals surface area (Å²) >= 11 is 0. The number of nitrogens with zero attached hydrogens (tertiary/aromatic N) is 2. The number of nitrogens with one attached hydrogen (secondary N) is 2. The van der Waals surface area contributed by atoms with Crippen LogP contribution < -0.4 is 10.0 Å². The molecule has 0 bridgehead atoms. The third-order valence-electron chi connectivity index (χ3n) is 4.13. The molecule has 1 amide bonds. The van der Waals surface area contributed by atoms with Crippen LogP contribution in [-0.2, 0) is 30.0 Å². The van der Waals surface area contributed by atoms with Gasteiger partial charge in [-0.15, -0.1) is 0 Å². The highest BCUT2D eigenvalue weighted by Gasteiger charge is 2.15. The molecule has 0 radical (unpaired) electrons. The molecule has 1 aromatic carbocycles. The van der Waals surface area contributed by atoms with Crippen molar-refractivity contribution in [3.63, 3.8) is 0 Å². The number of sulfonamides is 1. The SMILES string of the molecule is Cn1cc(CCCNC(=O)c2ccc(S(=O)(=O)NCc3ccco3)cc2)cn1. The van der Waals surface area contributed by atoms with Crippen molar-refractivity contribution in [1.29, 1.82) is 0 Å². The lowest BCUT2D eigenvalue weighted by Crippen LogP contribution is -2.25. The Labute approximate surface area is 163 Å². The Bertz CT molecular complexity index is 1010. The fraction of sp³-hybridized carbons (Fsp3) is 0.263. The number of hydrogen-bond donors (Lipinski definition) is 2. The minimum atomic E-state index is -3.68. The molecular formula is C19H22N4O4S. The Morgan fingerprint density at radius 2 is 2.00 bits per heavy atom. The van der Waals surface area contributed by atoms with Crippen LogP contribution in [0, 0.1) is 0 Å². The summed E-state index contributed by atoms with van der Waals surface area (Å²) in [5.74, 6) is 0.282. The molecule has 0 aliphatic heterocycles. The van der Waals surface area contributed by atoms with E-state index in [0.29, 0.717) is 17.9 Å². The second-order valence-corrected chi connectivity index (χ2v) is 8.08. The van der Waals surface area contributed by atoms with E-state index in [9.17, 15) is 13.2 Å². The van der Waals surface area contributed by atoms with Crippen LogP contribution in [0.1, 0.15) is 28.1 Å². The standard InChI is InChI=1S/C19H22N4O4S/c1-23-14-15(12-21-23)4-2-10-20-19(24)16-6-8-18(9-7-16)28(25,26)22-13-17-5-3-11-27-17/h3,5-9,11-12,14,22H,2,4,10,13H2,1H3,(H,20,24). The van der Waals surface area contributed by atoms with Crippen molar-refractivity contribution < 1.29 is 17.6 Å². The highest BCUT2D eigenvalue weighted by atomic mass is 32.2. The number of aromatic nitrogens is 2. The Kier molecular flexibility index (Phi) is 6.27. The van der Waals surface area contributed by atoms with Crippen LogP contribution in [0.5, 0.6) is 0 Å². The van der Waals surface area contributed by atoms with E-state index in [2.05, 4.69) is 15.1 Å². The van der Waals surface area contributed by atoms with Crippen molar-refractivity contribution in [1.82, 2.24) is 19.8 Å². The van der Waals surface area contributed by atoms with Gasteiger partial charge < -0.3 is 9.73 Å². The zero-order chi connectivity index (χ0) is 20.0. The molecule has 3 aromatic rings. The molecule has 0 saturated heterocycles. The van der Waals surface area contributed by atoms with Crippen LogP contribution in [-0.4, -0.2) is 30.7 Å². The van der Waals surface area contributed by atoms with Gasteiger partial charge in [0.2, 0.25) is 10.0 Å². The van der Waals surface area contributed by atoms with Gasteiger partial charge in [-0.1, -0.05) is 0 Å². The largest absolute Gasteiger partial charge is 0.468 e. The molecule has 2 aromatic heterocycles. The van der Waals surface area contributed by atoms with E-state index < -0.39 is 10.0 Å². The van der Waals surface area contributed by atoms with Gasteiger partial charge in [-0.2, -0.15) is 5.10 Å². The first kappa shape index (κ1) is 19.8. The zero-order valence-electron chi connectivity index (χ0n) is 15.5. The third kappa shape index (κ3) is 5.30. The van der Waals surface area contributed by atoms with Gasteiger partial charge in [-0.3, -0.25) is 9.48 Å². The Hall–Kier alpha value is -2.91. The van der Waals surface area contributed by atoms with Crippen molar-refractivity contribution in [2.75, 3.05) is 6.54 Å². The van der Waals surface area contributed by atoms with E-state index >= 15 is 0 Å². The van der Waals surface area contributed by atoms with E-state index in [1.165, 1.54) is 30.5 Å². The van der Waals surface area contributed by atoms with Crippen molar-refractivity contribution in [2.45, 2.75) is 24.3 Å². The zero-order valence-corrected chi connectivity index (χ0v) is 16.3. The molecular weight excluding hydrogens is 380 g/mol. The summed E-state index contributed by atoms with van der Waals surface area (Å²) in [7, 11) is -1.82. The molecule has 2 N–H and O–H groups in total. The number of carbonyl (C=O) groups is 1. The number of amides is 1. The average molecular weight is 402 g/mol. The van der Waals surface area contributed by atoms with Gasteiger partial charge >= 0.3 is 0 Å². The minimum absolute atomic E-state index is 0.0640. The van der Waals surface area contributed by atoms with Gasteiger partial charge in [0, 0.05) is 25.4 Å². The number of carbonyl (C=O) groups excluding carboxylic acids is 1. The predicted molar refractivity (Wildman–Crippen MR) is 103 cm³/mol. The lowest BCUT2D eigenvalue weighted by molar-refractivity contribution is 0.0953. The fourth-order valence-corrected chi connectivity index (χ4v) is 3.64. The van der Waals surface area contributed by atoms with E-state index in [1.807, 2.05) is 13.2 Å². The lowest BCUT2D eigenvalue weighted by Gasteiger charge is -2.08. The number of benzene rings is 1. The molecule has 0 fully saturated rings. The highest BCUT2D eigenvalue weighted by Crippen LogP contribution is 2.12. The van der Waals surface area contributed by atoms with Gasteiger partial charge in [-0.25, -0.2) is 13.1 Å². The van der Waals surface area contributed by atoms with Crippen molar-refractivity contribution in [3.05, 3.63) is 71.9 Å². The Morgan fingerprint density at radius 1 is 1.21 bits per heavy atom. The molecule has 0 spiro atoms. The van der Waals surface area contributed by atoms with Crippen LogP contribution in [0.15, 0.2) is 64.4 Å². The summed E-state index contributed by atoms with van der Waals surface area (Å²) in [4.78, 5) is 12.3. The Morgan fingerprint density at radius 3 is 2.64 bits per heavy atom. The predicted octanol–water partition coefficient (Wildman–Crippen LogP) is 1.85. The van der Waals surface area contributed by atoms with Gasteiger partial charge in [0.05, 0.1) is 23.9 Å². The Balaban J connectivity index is 1.49. The smallest absolute Gasteiger partial charge is 0.251 e. The number of rotatable bonds is 9. The second-order valence-electron chi connectivity index (χ2n) is 6.31. The molecule has 0 atom stereocenters. The van der Waals surface area contributed by atoms with Crippen LogP contribution in [0.3, 0.4) is 0 Å². The first-order valence-corrected chi connectivity index (χ1v) is 10.3. The average Bonchev–Trinajstić information content (AvgIpc) is 3.35. The highest BCUT2D eigenvalue weighted by molar-refractivity contribution is 7.89. The molecule has 2 heterocycles. The van der Waals surface area contributed by atoms with Crippen LogP contribution in [0.25, 0.3) is 0 Å². The molecule has 8 nitrogen and oxygen atoms in total. The van der Waals surface area contributed by atoms with E-state index in [4.69, 9.17) is 4.42 Å². The summed E-state index contributed by atoms with van der Waals surface area (Å²) < 4.78 is 33.9. The maximum Gasteiger partial charge on any atom is 0.251 e. The van der Waals surface area contributed by atoms with Crippen molar-refractivity contribution in [3.8, 4) is 0 Å². The quantitative estimate of drug-likeness (QED) is 0.531. The van der Waals surface area contributed by atoms with E-state index in [1.54, 1.807) is 23.0 Å².